The highest BCUT2D eigenvalue weighted by Gasteiger charge is 2.14. The summed E-state index contributed by atoms with van der Waals surface area (Å²) >= 11 is 1.46. The van der Waals surface area contributed by atoms with E-state index in [9.17, 15) is 13.2 Å². The van der Waals surface area contributed by atoms with Crippen molar-refractivity contribution in [3.8, 4) is 10.7 Å². The van der Waals surface area contributed by atoms with Gasteiger partial charge in [-0.15, -0.1) is 11.3 Å². The predicted octanol–water partition coefficient (Wildman–Crippen LogP) is 1.80. The molecule has 0 fully saturated rings. The molecule has 0 radical (unpaired) electrons. The average Bonchev–Trinajstić information content (AvgIpc) is 3.23. The van der Waals surface area contributed by atoms with Crippen molar-refractivity contribution in [2.75, 3.05) is 0 Å². The molecule has 0 aliphatic heterocycles. The first kappa shape index (κ1) is 16.3. The minimum absolute atomic E-state index is 0.0865. The molecule has 0 unspecified atom stereocenters. The summed E-state index contributed by atoms with van der Waals surface area (Å²) in [4.78, 5) is 16.8. The number of nitrogens with zero attached hydrogens (tertiary/aromatic N) is 2. The fourth-order valence-electron chi connectivity index (χ4n) is 1.81. The monoisotopic (exact) mass is 365 g/mol. The quantitative estimate of drug-likeness (QED) is 0.683. The fraction of sp³-hybridized carbons (Fsp3) is 0.0714. The minimum Gasteiger partial charge on any atom is -0.452 e. The Morgan fingerprint density at radius 3 is 2.62 bits per heavy atom. The number of thiophene rings is 1. The first-order valence-electron chi connectivity index (χ1n) is 6.60. The van der Waals surface area contributed by atoms with Gasteiger partial charge in [-0.05, 0) is 35.7 Å². The van der Waals surface area contributed by atoms with E-state index in [0.717, 1.165) is 4.88 Å². The van der Waals surface area contributed by atoms with Crippen LogP contribution >= 0.6 is 11.3 Å². The first-order chi connectivity index (χ1) is 11.4. The molecule has 0 bridgehead atoms. The number of primary sulfonamides is 1. The lowest BCUT2D eigenvalue weighted by Gasteiger charge is -2.03. The van der Waals surface area contributed by atoms with Crippen molar-refractivity contribution in [2.24, 2.45) is 5.14 Å². The van der Waals surface area contributed by atoms with Gasteiger partial charge < -0.3 is 9.26 Å². The molecule has 0 saturated heterocycles. The maximum absolute atomic E-state index is 11.9. The van der Waals surface area contributed by atoms with Crippen molar-refractivity contribution in [2.45, 2.75) is 11.5 Å². The molecule has 3 aromatic rings. The molecule has 3 rings (SSSR count). The van der Waals surface area contributed by atoms with Gasteiger partial charge in [0.1, 0.15) is 0 Å². The summed E-state index contributed by atoms with van der Waals surface area (Å²) in [6.45, 7) is -0.186. The maximum Gasteiger partial charge on any atom is 0.338 e. The Morgan fingerprint density at radius 1 is 1.25 bits per heavy atom. The van der Waals surface area contributed by atoms with E-state index in [1.54, 1.807) is 0 Å². The minimum atomic E-state index is -3.80. The SMILES string of the molecule is NS(=O)(=O)c1ccc(C(=O)OCc2nc(-c3cccs3)no2)cc1. The van der Waals surface area contributed by atoms with Crippen molar-refractivity contribution < 1.29 is 22.5 Å². The van der Waals surface area contributed by atoms with Crippen LogP contribution < -0.4 is 5.14 Å². The molecule has 2 heterocycles. The number of aromatic nitrogens is 2. The predicted molar refractivity (Wildman–Crippen MR) is 84.5 cm³/mol. The lowest BCUT2D eigenvalue weighted by molar-refractivity contribution is 0.0429. The Labute approximate surface area is 140 Å². The van der Waals surface area contributed by atoms with Crippen LogP contribution in [0.3, 0.4) is 0 Å². The van der Waals surface area contributed by atoms with Gasteiger partial charge in [0.25, 0.3) is 5.89 Å². The van der Waals surface area contributed by atoms with Gasteiger partial charge in [0, 0.05) is 0 Å². The lowest BCUT2D eigenvalue weighted by Crippen LogP contribution is -2.12. The van der Waals surface area contributed by atoms with E-state index in [1.165, 1.54) is 35.6 Å². The number of rotatable bonds is 5. The molecular weight excluding hydrogens is 354 g/mol. The third-order valence-electron chi connectivity index (χ3n) is 2.95. The van der Waals surface area contributed by atoms with Gasteiger partial charge in [0.2, 0.25) is 15.8 Å². The van der Waals surface area contributed by atoms with Crippen LogP contribution in [0.15, 0.2) is 51.2 Å². The summed E-state index contributed by atoms with van der Waals surface area (Å²) in [5.41, 5.74) is 0.181. The Hall–Kier alpha value is -2.56. The standard InChI is InChI=1S/C14H11N3O5S2/c15-24(19,20)10-5-3-9(4-6-10)14(18)21-8-12-16-13(17-22-12)11-2-1-7-23-11/h1-7H,8H2,(H2,15,19,20). The van der Waals surface area contributed by atoms with Crippen molar-refractivity contribution in [3.63, 3.8) is 0 Å². The van der Waals surface area contributed by atoms with E-state index >= 15 is 0 Å². The van der Waals surface area contributed by atoms with Crippen molar-refractivity contribution in [3.05, 3.63) is 53.2 Å². The fourth-order valence-corrected chi connectivity index (χ4v) is 2.98. The molecule has 2 aromatic heterocycles. The summed E-state index contributed by atoms with van der Waals surface area (Å²) in [7, 11) is -3.80. The molecule has 10 heteroatoms. The molecule has 0 amide bonds. The zero-order valence-electron chi connectivity index (χ0n) is 12.1. The van der Waals surface area contributed by atoms with Gasteiger partial charge in [0.05, 0.1) is 15.3 Å². The van der Waals surface area contributed by atoms with E-state index in [2.05, 4.69) is 10.1 Å². The summed E-state index contributed by atoms with van der Waals surface area (Å²) in [5, 5.41) is 10.7. The third kappa shape index (κ3) is 3.67. The van der Waals surface area contributed by atoms with Crippen molar-refractivity contribution >= 4 is 27.3 Å². The van der Waals surface area contributed by atoms with E-state index in [1.807, 2.05) is 17.5 Å². The molecule has 0 saturated carbocycles. The van der Waals surface area contributed by atoms with Crippen LogP contribution in [0.2, 0.25) is 0 Å². The number of ether oxygens (including phenoxy) is 1. The van der Waals surface area contributed by atoms with Gasteiger partial charge in [-0.2, -0.15) is 4.98 Å². The molecule has 2 N–H and O–H groups in total. The topological polar surface area (TPSA) is 125 Å². The smallest absolute Gasteiger partial charge is 0.338 e. The molecule has 0 spiro atoms. The Morgan fingerprint density at radius 2 is 2.00 bits per heavy atom. The Bertz CT molecular complexity index is 947. The number of carbonyl (C=O) groups excluding carboxylic acids is 1. The molecule has 124 valence electrons. The maximum atomic E-state index is 11.9. The highest BCUT2D eigenvalue weighted by atomic mass is 32.2. The molecule has 8 nitrogen and oxygen atoms in total. The molecule has 0 aliphatic carbocycles. The van der Waals surface area contributed by atoms with E-state index in [4.69, 9.17) is 14.4 Å². The first-order valence-corrected chi connectivity index (χ1v) is 9.02. The highest BCUT2D eigenvalue weighted by Crippen LogP contribution is 2.21. The summed E-state index contributed by atoms with van der Waals surface area (Å²) < 4.78 is 32.4. The molecule has 0 atom stereocenters. The van der Waals surface area contributed by atoms with Crippen LogP contribution in [0.25, 0.3) is 10.7 Å². The number of hydrogen-bond acceptors (Lipinski definition) is 8. The third-order valence-corrected chi connectivity index (χ3v) is 4.75. The van der Waals surface area contributed by atoms with E-state index in [-0.39, 0.29) is 23.0 Å². The number of sulfonamides is 1. The zero-order valence-corrected chi connectivity index (χ0v) is 13.7. The van der Waals surface area contributed by atoms with Crippen molar-refractivity contribution in [1.29, 1.82) is 0 Å². The van der Waals surface area contributed by atoms with Crippen LogP contribution in [0.4, 0.5) is 0 Å². The normalized spacial score (nSPS) is 11.4. The van der Waals surface area contributed by atoms with Gasteiger partial charge in [0.15, 0.2) is 6.61 Å². The van der Waals surface area contributed by atoms with Crippen LogP contribution in [-0.2, 0) is 21.4 Å². The van der Waals surface area contributed by atoms with Gasteiger partial charge in [-0.3, -0.25) is 0 Å². The van der Waals surface area contributed by atoms with Gasteiger partial charge in [-0.1, -0.05) is 11.2 Å². The number of carbonyl (C=O) groups is 1. The van der Waals surface area contributed by atoms with E-state index < -0.39 is 16.0 Å². The molecule has 0 aliphatic rings. The number of nitrogens with two attached hydrogens (primary N) is 1. The zero-order chi connectivity index (χ0) is 17.2. The van der Waals surface area contributed by atoms with Gasteiger partial charge >= 0.3 is 5.97 Å². The molecule has 24 heavy (non-hydrogen) atoms. The van der Waals surface area contributed by atoms with E-state index in [0.29, 0.717) is 5.82 Å². The summed E-state index contributed by atoms with van der Waals surface area (Å²) in [5.74, 6) is -0.0618. The average molecular weight is 365 g/mol. The largest absolute Gasteiger partial charge is 0.452 e. The molecule has 1 aromatic carbocycles. The summed E-state index contributed by atoms with van der Waals surface area (Å²) in [6, 6.07) is 8.79. The Balaban J connectivity index is 1.63. The van der Waals surface area contributed by atoms with Crippen LogP contribution in [0.5, 0.6) is 0 Å². The van der Waals surface area contributed by atoms with Crippen LogP contribution in [0, 0.1) is 0 Å². The highest BCUT2D eigenvalue weighted by molar-refractivity contribution is 7.89. The number of benzene rings is 1. The second-order valence-corrected chi connectivity index (χ2v) is 7.14. The van der Waals surface area contributed by atoms with Crippen molar-refractivity contribution in [1.82, 2.24) is 10.1 Å². The van der Waals surface area contributed by atoms with Crippen LogP contribution in [0.1, 0.15) is 16.2 Å². The Kier molecular flexibility index (Phi) is 4.42. The van der Waals surface area contributed by atoms with Crippen LogP contribution in [-0.4, -0.2) is 24.5 Å². The van der Waals surface area contributed by atoms with Gasteiger partial charge in [-0.25, -0.2) is 18.4 Å². The lowest BCUT2D eigenvalue weighted by atomic mass is 10.2. The second kappa shape index (κ2) is 6.51. The number of hydrogen-bond donors (Lipinski definition) is 1. The second-order valence-electron chi connectivity index (χ2n) is 4.63. The molecular formula is C14H11N3O5S2. The summed E-state index contributed by atoms with van der Waals surface area (Å²) in [6.07, 6.45) is 0. The number of esters is 1.